The van der Waals surface area contributed by atoms with Crippen molar-refractivity contribution >= 4 is 27.4 Å². The molecule has 3 aromatic rings. The summed E-state index contributed by atoms with van der Waals surface area (Å²) in [7, 11) is 0. The number of piperidine rings is 1. The minimum Gasteiger partial charge on any atom is -0.381 e. The first-order valence-corrected chi connectivity index (χ1v) is 9.37. The fourth-order valence-electron chi connectivity index (χ4n) is 4.06. The van der Waals surface area contributed by atoms with Crippen molar-refractivity contribution in [3.63, 3.8) is 0 Å². The molecule has 5 rings (SSSR count). The van der Waals surface area contributed by atoms with E-state index in [1.807, 2.05) is 0 Å². The van der Waals surface area contributed by atoms with Crippen molar-refractivity contribution in [3.05, 3.63) is 42.0 Å². The predicted molar refractivity (Wildman–Crippen MR) is 97.5 cm³/mol. The van der Waals surface area contributed by atoms with Crippen LogP contribution in [0.3, 0.4) is 0 Å². The number of hydrogen-bond donors (Lipinski definition) is 0. The number of thiophene rings is 1. The Bertz CT molecular complexity index is 851. The molecule has 1 aromatic carbocycles. The lowest BCUT2D eigenvalue weighted by atomic mass is 9.88. The number of aromatic nitrogens is 2. The van der Waals surface area contributed by atoms with E-state index in [4.69, 9.17) is 9.72 Å². The van der Waals surface area contributed by atoms with Crippen LogP contribution in [-0.4, -0.2) is 36.3 Å². The van der Waals surface area contributed by atoms with Crippen molar-refractivity contribution in [1.82, 2.24) is 9.97 Å². The molecule has 4 heterocycles. The SMILES string of the molecule is c1ccc(-c2csc3ncnc(N4CC5COCC(C5)C4)c23)cc1. The van der Waals surface area contributed by atoms with Gasteiger partial charge in [-0.05, 0) is 12.0 Å². The summed E-state index contributed by atoms with van der Waals surface area (Å²) in [5, 5.41) is 3.42. The van der Waals surface area contributed by atoms with Crippen LogP contribution in [0, 0.1) is 11.8 Å². The molecule has 5 heteroatoms. The molecule has 0 spiro atoms. The van der Waals surface area contributed by atoms with Gasteiger partial charge in [0.05, 0.1) is 18.6 Å². The van der Waals surface area contributed by atoms with Crippen LogP contribution in [0.1, 0.15) is 6.42 Å². The van der Waals surface area contributed by atoms with Crippen molar-refractivity contribution < 1.29 is 4.74 Å². The van der Waals surface area contributed by atoms with Gasteiger partial charge in [0.1, 0.15) is 17.0 Å². The molecule has 4 nitrogen and oxygen atoms in total. The lowest BCUT2D eigenvalue weighted by Gasteiger charge is -2.41. The smallest absolute Gasteiger partial charge is 0.141 e. The van der Waals surface area contributed by atoms with Crippen LogP contribution < -0.4 is 4.90 Å². The summed E-state index contributed by atoms with van der Waals surface area (Å²) >= 11 is 1.71. The Hall–Kier alpha value is -1.98. The van der Waals surface area contributed by atoms with Gasteiger partial charge in [-0.3, -0.25) is 0 Å². The molecule has 2 aliphatic heterocycles. The third-order valence-corrected chi connectivity index (χ3v) is 5.95. The second-order valence-electron chi connectivity index (χ2n) is 6.80. The second kappa shape index (κ2) is 5.83. The van der Waals surface area contributed by atoms with E-state index in [1.165, 1.54) is 22.9 Å². The Labute approximate surface area is 145 Å². The average Bonchev–Trinajstić information content (AvgIpc) is 3.06. The molecule has 0 radical (unpaired) electrons. The van der Waals surface area contributed by atoms with Crippen molar-refractivity contribution in [2.75, 3.05) is 31.2 Å². The molecule has 2 aromatic heterocycles. The number of anilines is 1. The second-order valence-corrected chi connectivity index (χ2v) is 7.66. The van der Waals surface area contributed by atoms with Gasteiger partial charge in [0, 0.05) is 35.9 Å². The molecule has 2 atom stereocenters. The summed E-state index contributed by atoms with van der Waals surface area (Å²) < 4.78 is 5.73. The molecule has 2 bridgehead atoms. The lowest BCUT2D eigenvalue weighted by molar-refractivity contribution is 0.00614. The Morgan fingerprint density at radius 2 is 1.83 bits per heavy atom. The van der Waals surface area contributed by atoms with Crippen LogP contribution in [0.15, 0.2) is 42.0 Å². The Kier molecular flexibility index (Phi) is 3.49. The Morgan fingerprint density at radius 3 is 2.62 bits per heavy atom. The van der Waals surface area contributed by atoms with Crippen LogP contribution in [0.25, 0.3) is 21.3 Å². The Morgan fingerprint density at radius 1 is 1.04 bits per heavy atom. The number of ether oxygens (including phenoxy) is 1. The Balaban J connectivity index is 1.62. The number of hydrogen-bond acceptors (Lipinski definition) is 5. The molecule has 0 amide bonds. The fraction of sp³-hybridized carbons (Fsp3) is 0.368. The van der Waals surface area contributed by atoms with Crippen LogP contribution in [0.4, 0.5) is 5.82 Å². The van der Waals surface area contributed by atoms with Crippen LogP contribution in [-0.2, 0) is 4.74 Å². The van der Waals surface area contributed by atoms with Crippen LogP contribution in [0.5, 0.6) is 0 Å². The normalized spacial score (nSPS) is 23.6. The van der Waals surface area contributed by atoms with Gasteiger partial charge in [-0.25, -0.2) is 9.97 Å². The maximum atomic E-state index is 5.73. The summed E-state index contributed by atoms with van der Waals surface area (Å²) in [6, 6.07) is 10.6. The molecule has 2 saturated heterocycles. The summed E-state index contributed by atoms with van der Waals surface area (Å²) in [5.74, 6) is 2.35. The molecule has 2 aliphatic rings. The van der Waals surface area contributed by atoms with Crippen molar-refractivity contribution in [2.24, 2.45) is 11.8 Å². The monoisotopic (exact) mass is 337 g/mol. The van der Waals surface area contributed by atoms with E-state index in [1.54, 1.807) is 17.7 Å². The minimum atomic E-state index is 0.626. The van der Waals surface area contributed by atoms with E-state index >= 15 is 0 Å². The standard InChI is InChI=1S/C19H19N3OS/c1-2-4-15(5-3-1)16-11-24-19-17(16)18(20-12-21-19)22-7-13-6-14(8-22)10-23-9-13/h1-5,11-14H,6-10H2. The molecule has 0 aliphatic carbocycles. The molecule has 24 heavy (non-hydrogen) atoms. The number of benzene rings is 1. The van der Waals surface area contributed by atoms with Crippen molar-refractivity contribution in [1.29, 1.82) is 0 Å². The summed E-state index contributed by atoms with van der Waals surface area (Å²) in [4.78, 5) is 12.7. The number of fused-ring (bicyclic) bond motifs is 3. The van der Waals surface area contributed by atoms with Gasteiger partial charge in [0.15, 0.2) is 0 Å². The van der Waals surface area contributed by atoms with Gasteiger partial charge in [-0.2, -0.15) is 0 Å². The highest BCUT2D eigenvalue weighted by molar-refractivity contribution is 7.17. The van der Waals surface area contributed by atoms with Crippen molar-refractivity contribution in [3.8, 4) is 11.1 Å². The van der Waals surface area contributed by atoms with Gasteiger partial charge in [-0.1, -0.05) is 30.3 Å². The number of nitrogens with zero attached hydrogens (tertiary/aromatic N) is 3. The largest absolute Gasteiger partial charge is 0.381 e. The minimum absolute atomic E-state index is 0.626. The molecule has 122 valence electrons. The third kappa shape index (κ3) is 2.39. The van der Waals surface area contributed by atoms with E-state index < -0.39 is 0 Å². The van der Waals surface area contributed by atoms with Crippen LogP contribution in [0.2, 0.25) is 0 Å². The van der Waals surface area contributed by atoms with Gasteiger partial charge < -0.3 is 9.64 Å². The molecule has 0 saturated carbocycles. The van der Waals surface area contributed by atoms with Gasteiger partial charge in [0.25, 0.3) is 0 Å². The van der Waals surface area contributed by atoms with E-state index in [0.29, 0.717) is 11.8 Å². The average molecular weight is 337 g/mol. The van der Waals surface area contributed by atoms with Gasteiger partial charge in [-0.15, -0.1) is 11.3 Å². The zero-order valence-electron chi connectivity index (χ0n) is 13.4. The van der Waals surface area contributed by atoms with E-state index in [0.717, 1.165) is 37.0 Å². The fourth-order valence-corrected chi connectivity index (χ4v) is 4.97. The molecule has 0 N–H and O–H groups in total. The summed E-state index contributed by atoms with van der Waals surface area (Å²) in [6.07, 6.45) is 3.00. The topological polar surface area (TPSA) is 38.2 Å². The predicted octanol–water partition coefficient (Wildman–Crippen LogP) is 3.83. The third-order valence-electron chi connectivity index (χ3n) is 5.07. The van der Waals surface area contributed by atoms with E-state index in [-0.39, 0.29) is 0 Å². The van der Waals surface area contributed by atoms with Crippen LogP contribution >= 0.6 is 11.3 Å². The molecular formula is C19H19N3OS. The molecule has 2 unspecified atom stereocenters. The first kappa shape index (κ1) is 14.4. The van der Waals surface area contributed by atoms with Crippen molar-refractivity contribution in [2.45, 2.75) is 6.42 Å². The first-order chi connectivity index (χ1) is 11.9. The highest BCUT2D eigenvalue weighted by Crippen LogP contribution is 2.39. The quantitative estimate of drug-likeness (QED) is 0.712. The highest BCUT2D eigenvalue weighted by Gasteiger charge is 2.33. The highest BCUT2D eigenvalue weighted by atomic mass is 32.1. The zero-order chi connectivity index (χ0) is 15.9. The van der Waals surface area contributed by atoms with E-state index in [2.05, 4.69) is 45.6 Å². The van der Waals surface area contributed by atoms with E-state index in [9.17, 15) is 0 Å². The molecule has 2 fully saturated rings. The van der Waals surface area contributed by atoms with Gasteiger partial charge in [0.2, 0.25) is 0 Å². The molecular weight excluding hydrogens is 318 g/mol. The maximum absolute atomic E-state index is 5.73. The lowest BCUT2D eigenvalue weighted by Crippen LogP contribution is -2.47. The summed E-state index contributed by atoms with van der Waals surface area (Å²) in [5.41, 5.74) is 2.48. The summed E-state index contributed by atoms with van der Waals surface area (Å²) in [6.45, 7) is 3.84. The maximum Gasteiger partial charge on any atom is 0.141 e. The number of rotatable bonds is 2. The zero-order valence-corrected chi connectivity index (χ0v) is 14.2. The van der Waals surface area contributed by atoms with Gasteiger partial charge >= 0.3 is 0 Å². The first-order valence-electron chi connectivity index (χ1n) is 8.49.